The molecule has 0 radical (unpaired) electrons. The Hall–Kier alpha value is -0.860. The molecule has 2 heteroatoms. The van der Waals surface area contributed by atoms with Crippen molar-refractivity contribution in [3.63, 3.8) is 0 Å². The van der Waals surface area contributed by atoms with Crippen LogP contribution in [0.25, 0.3) is 0 Å². The molecule has 2 nitrogen and oxygen atoms in total. The van der Waals surface area contributed by atoms with Gasteiger partial charge in [0.05, 0.1) is 6.10 Å². The molecule has 1 N–H and O–H groups in total. The first-order valence-corrected chi connectivity index (χ1v) is 5.55. The smallest absolute Gasteiger partial charge is 0.135 e. The summed E-state index contributed by atoms with van der Waals surface area (Å²) >= 11 is 0. The quantitative estimate of drug-likeness (QED) is 0.761. The Balaban J connectivity index is 2.17. The van der Waals surface area contributed by atoms with Gasteiger partial charge in [0, 0.05) is 5.54 Å². The molecule has 0 spiro atoms. The van der Waals surface area contributed by atoms with E-state index < -0.39 is 0 Å². The van der Waals surface area contributed by atoms with Crippen molar-refractivity contribution in [3.05, 3.63) is 35.9 Å². The minimum Gasteiger partial charge on any atom is -0.356 e. The van der Waals surface area contributed by atoms with Gasteiger partial charge in [-0.15, -0.1) is 0 Å². The largest absolute Gasteiger partial charge is 0.356 e. The van der Waals surface area contributed by atoms with E-state index in [0.29, 0.717) is 6.10 Å². The van der Waals surface area contributed by atoms with Gasteiger partial charge in [-0.25, -0.2) is 0 Å². The Morgan fingerprint density at radius 3 is 2.53 bits per heavy atom. The van der Waals surface area contributed by atoms with Gasteiger partial charge in [-0.05, 0) is 32.8 Å². The number of nitrogens with one attached hydrogen (secondary N) is 1. The van der Waals surface area contributed by atoms with Crippen molar-refractivity contribution in [2.24, 2.45) is 0 Å². The van der Waals surface area contributed by atoms with Gasteiger partial charge >= 0.3 is 0 Å². The Kier molecular flexibility index (Phi) is 2.81. The van der Waals surface area contributed by atoms with Gasteiger partial charge in [0.1, 0.15) is 6.23 Å². The maximum Gasteiger partial charge on any atom is 0.135 e. The molecule has 15 heavy (non-hydrogen) atoms. The molecule has 82 valence electrons. The van der Waals surface area contributed by atoms with Crippen molar-refractivity contribution in [1.82, 2.24) is 5.32 Å². The molecule has 0 aliphatic carbocycles. The van der Waals surface area contributed by atoms with E-state index in [2.05, 4.69) is 38.2 Å². The summed E-state index contributed by atoms with van der Waals surface area (Å²) in [7, 11) is 0. The third-order valence-electron chi connectivity index (χ3n) is 2.79. The lowest BCUT2D eigenvalue weighted by atomic mass is 9.94. The molecule has 1 aliphatic heterocycles. The second-order valence-corrected chi connectivity index (χ2v) is 4.97. The molecule has 1 saturated heterocycles. The van der Waals surface area contributed by atoms with Gasteiger partial charge in [0.2, 0.25) is 0 Å². The van der Waals surface area contributed by atoms with E-state index in [1.54, 1.807) is 0 Å². The van der Waals surface area contributed by atoms with Crippen molar-refractivity contribution >= 4 is 0 Å². The topological polar surface area (TPSA) is 21.3 Å². The van der Waals surface area contributed by atoms with Gasteiger partial charge in [-0.3, -0.25) is 5.32 Å². The Morgan fingerprint density at radius 1 is 1.27 bits per heavy atom. The van der Waals surface area contributed by atoms with Gasteiger partial charge < -0.3 is 4.74 Å². The standard InChI is InChI=1S/C13H19NO/c1-10-9-13(2,3)14-12(15-10)11-7-5-4-6-8-11/h4-8,10,12,14H,9H2,1-3H3/t10-,12-/m1/s1. The fraction of sp³-hybridized carbons (Fsp3) is 0.538. The summed E-state index contributed by atoms with van der Waals surface area (Å²) in [6.07, 6.45) is 1.40. The van der Waals surface area contributed by atoms with Crippen LogP contribution in [0.1, 0.15) is 39.0 Å². The molecule has 0 bridgehead atoms. The lowest BCUT2D eigenvalue weighted by molar-refractivity contribution is -0.0896. The second kappa shape index (κ2) is 3.95. The SMILES string of the molecule is C[C@@H]1CC(C)(C)N[C@@H](c2ccccc2)O1. The van der Waals surface area contributed by atoms with Crippen LogP contribution >= 0.6 is 0 Å². The molecule has 0 saturated carbocycles. The molecular formula is C13H19NO. The highest BCUT2D eigenvalue weighted by molar-refractivity contribution is 5.18. The van der Waals surface area contributed by atoms with Crippen molar-refractivity contribution in [2.75, 3.05) is 0 Å². The molecule has 1 aromatic rings. The highest BCUT2D eigenvalue weighted by Gasteiger charge is 2.32. The number of benzene rings is 1. The highest BCUT2D eigenvalue weighted by atomic mass is 16.5. The Morgan fingerprint density at radius 2 is 1.93 bits per heavy atom. The summed E-state index contributed by atoms with van der Waals surface area (Å²) in [6, 6.07) is 10.3. The fourth-order valence-electron chi connectivity index (χ4n) is 2.24. The van der Waals surface area contributed by atoms with Crippen molar-refractivity contribution < 1.29 is 4.74 Å². The lowest BCUT2D eigenvalue weighted by Crippen LogP contribution is -2.50. The van der Waals surface area contributed by atoms with Crippen molar-refractivity contribution in [2.45, 2.75) is 45.1 Å². The van der Waals surface area contributed by atoms with Gasteiger partial charge in [-0.2, -0.15) is 0 Å². The van der Waals surface area contributed by atoms with E-state index in [1.165, 1.54) is 5.56 Å². The van der Waals surface area contributed by atoms with E-state index in [-0.39, 0.29) is 11.8 Å². The predicted molar refractivity (Wildman–Crippen MR) is 61.6 cm³/mol. The molecule has 0 unspecified atom stereocenters. The summed E-state index contributed by atoms with van der Waals surface area (Å²) in [5.74, 6) is 0. The number of rotatable bonds is 1. The minimum absolute atomic E-state index is 0.0324. The average Bonchev–Trinajstić information content (AvgIpc) is 2.16. The third-order valence-corrected chi connectivity index (χ3v) is 2.79. The Labute approximate surface area is 91.6 Å². The van der Waals surface area contributed by atoms with Crippen LogP contribution in [0.4, 0.5) is 0 Å². The van der Waals surface area contributed by atoms with Crippen LogP contribution in [0.15, 0.2) is 30.3 Å². The zero-order valence-electron chi connectivity index (χ0n) is 9.66. The number of hydrogen-bond donors (Lipinski definition) is 1. The van der Waals surface area contributed by atoms with Gasteiger partial charge in [0.25, 0.3) is 0 Å². The predicted octanol–water partition coefficient (Wildman–Crippen LogP) is 2.86. The summed E-state index contributed by atoms with van der Waals surface area (Å²) in [5, 5.41) is 3.52. The van der Waals surface area contributed by atoms with Crippen LogP contribution in [0.3, 0.4) is 0 Å². The van der Waals surface area contributed by atoms with Crippen molar-refractivity contribution in [3.8, 4) is 0 Å². The number of ether oxygens (including phenoxy) is 1. The fourth-order valence-corrected chi connectivity index (χ4v) is 2.24. The van der Waals surface area contributed by atoms with E-state index in [0.717, 1.165) is 6.42 Å². The minimum atomic E-state index is 0.0324. The molecule has 2 rings (SSSR count). The zero-order chi connectivity index (χ0) is 10.9. The first-order valence-electron chi connectivity index (χ1n) is 5.55. The van der Waals surface area contributed by atoms with Crippen LogP contribution in [-0.4, -0.2) is 11.6 Å². The van der Waals surface area contributed by atoms with Crippen LogP contribution in [0.5, 0.6) is 0 Å². The third kappa shape index (κ3) is 2.58. The van der Waals surface area contributed by atoms with Crippen LogP contribution in [0.2, 0.25) is 0 Å². The van der Waals surface area contributed by atoms with Gasteiger partial charge in [0.15, 0.2) is 0 Å². The molecule has 1 aliphatic rings. The zero-order valence-corrected chi connectivity index (χ0v) is 9.66. The average molecular weight is 205 g/mol. The molecule has 1 heterocycles. The maximum atomic E-state index is 5.90. The highest BCUT2D eigenvalue weighted by Crippen LogP contribution is 2.28. The normalized spacial score (nSPS) is 30.1. The van der Waals surface area contributed by atoms with Crippen LogP contribution < -0.4 is 5.32 Å². The summed E-state index contributed by atoms with van der Waals surface area (Å²) in [5.41, 5.74) is 1.36. The first-order chi connectivity index (χ1) is 7.07. The lowest BCUT2D eigenvalue weighted by Gasteiger charge is -2.40. The van der Waals surface area contributed by atoms with Crippen molar-refractivity contribution in [1.29, 1.82) is 0 Å². The summed E-state index contributed by atoms with van der Waals surface area (Å²) in [4.78, 5) is 0. The van der Waals surface area contributed by atoms with Crippen LogP contribution in [-0.2, 0) is 4.74 Å². The van der Waals surface area contributed by atoms with E-state index >= 15 is 0 Å². The molecule has 2 atom stereocenters. The molecule has 1 fully saturated rings. The summed E-state index contributed by atoms with van der Waals surface area (Å²) < 4.78 is 5.90. The summed E-state index contributed by atoms with van der Waals surface area (Å²) in [6.45, 7) is 6.59. The molecule has 0 aromatic heterocycles. The molecule has 0 amide bonds. The van der Waals surface area contributed by atoms with E-state index in [1.807, 2.05) is 18.2 Å². The van der Waals surface area contributed by atoms with Crippen LogP contribution in [0, 0.1) is 0 Å². The number of hydrogen-bond acceptors (Lipinski definition) is 2. The monoisotopic (exact) mass is 205 g/mol. The van der Waals surface area contributed by atoms with E-state index in [9.17, 15) is 0 Å². The maximum absolute atomic E-state index is 5.90. The first kappa shape index (κ1) is 10.7. The van der Waals surface area contributed by atoms with E-state index in [4.69, 9.17) is 4.74 Å². The molecular weight excluding hydrogens is 186 g/mol. The second-order valence-electron chi connectivity index (χ2n) is 4.97. The van der Waals surface area contributed by atoms with Gasteiger partial charge in [-0.1, -0.05) is 30.3 Å². The molecule has 1 aromatic carbocycles. The Bertz CT molecular complexity index is 321.